The van der Waals surface area contributed by atoms with E-state index in [4.69, 9.17) is 31.5 Å². The number of rotatable bonds is 11. The summed E-state index contributed by atoms with van der Waals surface area (Å²) < 4.78 is 60.9. The number of aromatic nitrogens is 1. The monoisotopic (exact) mass is 755 g/mol. The molecule has 3 aromatic rings. The number of nitrogens with two attached hydrogens (primary N) is 1. The molecule has 3 aliphatic carbocycles. The average Bonchev–Trinajstić information content (AvgIpc) is 3.42. The second kappa shape index (κ2) is 15.5. The molecule has 0 aliphatic heterocycles. The van der Waals surface area contributed by atoms with Gasteiger partial charge < -0.3 is 19.9 Å². The Balaban J connectivity index is 1.34. The van der Waals surface area contributed by atoms with Crippen LogP contribution in [0, 0.1) is 11.8 Å². The van der Waals surface area contributed by atoms with Gasteiger partial charge in [0.05, 0.1) is 13.7 Å². The highest BCUT2D eigenvalue weighted by Gasteiger charge is 2.60. The van der Waals surface area contributed by atoms with Gasteiger partial charge in [-0.2, -0.15) is 13.2 Å². The van der Waals surface area contributed by atoms with Crippen molar-refractivity contribution in [1.29, 1.82) is 0 Å². The number of hydrogen-bond acceptors (Lipinski definition) is 7. The van der Waals surface area contributed by atoms with Crippen LogP contribution in [0.2, 0.25) is 5.02 Å². The summed E-state index contributed by atoms with van der Waals surface area (Å²) in [5, 5.41) is 0.136. The van der Waals surface area contributed by atoms with Crippen molar-refractivity contribution in [2.75, 3.05) is 25.2 Å². The van der Waals surface area contributed by atoms with Gasteiger partial charge in [0, 0.05) is 34.7 Å². The van der Waals surface area contributed by atoms with E-state index in [0.29, 0.717) is 42.6 Å². The molecule has 3 aliphatic rings. The van der Waals surface area contributed by atoms with Crippen molar-refractivity contribution in [1.82, 2.24) is 4.98 Å². The second-order valence-electron chi connectivity index (χ2n) is 15.3. The molecular weight excluding hydrogens is 707 g/mol. The summed E-state index contributed by atoms with van der Waals surface area (Å²) in [5.41, 5.74) is 7.81. The van der Waals surface area contributed by atoms with Crippen LogP contribution in [-0.4, -0.2) is 54.9 Å². The topological polar surface area (TPSA) is 104 Å². The SMILES string of the molecule is COC(=O)C1(N(C(=O)C(F)(F)F)c2cccc(Cl)c2)CCC2(CC1)c1cc(O[C@H](C)CN)ccc1C[C@@H]2C[C@@H](C)COc1ccnc2c1[C@H](C)CCC2. The molecule has 286 valence electrons. The average molecular weight is 756 g/mol. The number of halogens is 4. The first-order valence-electron chi connectivity index (χ1n) is 18.6. The fourth-order valence-corrected chi connectivity index (χ4v) is 9.38. The van der Waals surface area contributed by atoms with Gasteiger partial charge in [-0.05, 0) is 135 Å². The maximum Gasteiger partial charge on any atom is 0.471 e. The van der Waals surface area contributed by atoms with Gasteiger partial charge in [0.25, 0.3) is 0 Å². The predicted octanol–water partition coefficient (Wildman–Crippen LogP) is 8.50. The van der Waals surface area contributed by atoms with Crippen molar-refractivity contribution in [2.24, 2.45) is 17.6 Å². The number of benzene rings is 2. The van der Waals surface area contributed by atoms with E-state index in [9.17, 15) is 22.8 Å². The lowest BCUT2D eigenvalue weighted by Crippen LogP contribution is -2.63. The standard InChI is InChI=1S/C41H49ClF3N3O5/c1-25(24-52-35-13-18-47-34-10-5-7-26(2)36(34)35)19-29-20-28-11-12-32(53-27(3)23-46)22-33(28)39(29)14-16-40(17-15-39,38(50)51-4)48(37(49)41(43,44)45)31-9-6-8-30(42)21-31/h6,8-9,11-13,18,21-22,25-27,29H,5,7,10,14-17,19-20,23-24,46H2,1-4H3/t25-,26-,27-,29+,39?,40?/m1/s1. The van der Waals surface area contributed by atoms with E-state index in [-0.39, 0.29) is 41.5 Å². The lowest BCUT2D eigenvalue weighted by Gasteiger charge is -2.51. The molecular formula is C41H49ClF3N3O5. The van der Waals surface area contributed by atoms with Crippen molar-refractivity contribution in [3.05, 3.63) is 82.1 Å². The van der Waals surface area contributed by atoms with Gasteiger partial charge in [0.15, 0.2) is 0 Å². The molecule has 12 heteroatoms. The third-order valence-corrected chi connectivity index (χ3v) is 12.0. The van der Waals surface area contributed by atoms with E-state index in [1.54, 1.807) is 0 Å². The van der Waals surface area contributed by atoms with E-state index < -0.39 is 29.0 Å². The summed E-state index contributed by atoms with van der Waals surface area (Å²) in [5.74, 6) is -0.921. The third kappa shape index (κ3) is 7.61. The molecule has 0 bridgehead atoms. The van der Waals surface area contributed by atoms with E-state index in [0.717, 1.165) is 61.8 Å². The molecule has 8 nitrogen and oxygen atoms in total. The molecule has 0 saturated heterocycles. The van der Waals surface area contributed by atoms with Crippen LogP contribution in [0.1, 0.15) is 94.0 Å². The van der Waals surface area contributed by atoms with Gasteiger partial charge in [-0.1, -0.05) is 37.6 Å². The van der Waals surface area contributed by atoms with Gasteiger partial charge >= 0.3 is 18.1 Å². The number of pyridine rings is 1. The summed E-state index contributed by atoms with van der Waals surface area (Å²) in [6.07, 6.45) is 1.57. The smallest absolute Gasteiger partial charge is 0.471 e. The second-order valence-corrected chi connectivity index (χ2v) is 15.7. The van der Waals surface area contributed by atoms with Crippen LogP contribution in [-0.2, 0) is 32.6 Å². The van der Waals surface area contributed by atoms with Gasteiger partial charge in [0.1, 0.15) is 23.1 Å². The van der Waals surface area contributed by atoms with Crippen molar-refractivity contribution in [2.45, 2.75) is 108 Å². The normalized spacial score (nSPS) is 24.8. The number of methoxy groups -OCH3 is 1. The number of carbonyl (C=O) groups is 2. The Hall–Kier alpha value is -3.83. The first-order chi connectivity index (χ1) is 25.2. The molecule has 1 fully saturated rings. The van der Waals surface area contributed by atoms with Crippen LogP contribution in [0.4, 0.5) is 18.9 Å². The Labute approximate surface area is 314 Å². The zero-order valence-electron chi connectivity index (χ0n) is 30.8. The van der Waals surface area contributed by atoms with Crippen LogP contribution in [0.3, 0.4) is 0 Å². The zero-order chi connectivity index (χ0) is 38.1. The Kier molecular flexibility index (Phi) is 11.4. The minimum atomic E-state index is -5.26. The number of aryl methyl sites for hydroxylation is 1. The van der Waals surface area contributed by atoms with Gasteiger partial charge in [0.2, 0.25) is 0 Å². The number of nitrogens with zero attached hydrogens (tertiary/aromatic N) is 2. The minimum absolute atomic E-state index is 0.0554. The number of amides is 1. The van der Waals surface area contributed by atoms with E-state index >= 15 is 0 Å². The largest absolute Gasteiger partial charge is 0.493 e. The quantitative estimate of drug-likeness (QED) is 0.196. The van der Waals surface area contributed by atoms with Crippen molar-refractivity contribution < 1.29 is 37.0 Å². The number of carbonyl (C=O) groups excluding carboxylic acids is 2. The van der Waals surface area contributed by atoms with Gasteiger partial charge in [-0.3, -0.25) is 14.7 Å². The Morgan fingerprint density at radius 2 is 1.85 bits per heavy atom. The van der Waals surface area contributed by atoms with Crippen LogP contribution in [0.25, 0.3) is 0 Å². The number of ether oxygens (including phenoxy) is 3. The molecule has 0 radical (unpaired) electrons. The molecule has 2 N–H and O–H groups in total. The van der Waals surface area contributed by atoms with Crippen LogP contribution in [0.5, 0.6) is 11.5 Å². The molecule has 1 amide bonds. The molecule has 4 atom stereocenters. The highest BCUT2D eigenvalue weighted by atomic mass is 35.5. The molecule has 1 aromatic heterocycles. The summed E-state index contributed by atoms with van der Waals surface area (Å²) in [6.45, 7) is 7.09. The zero-order valence-corrected chi connectivity index (χ0v) is 31.6. The van der Waals surface area contributed by atoms with Crippen molar-refractivity contribution >= 4 is 29.2 Å². The molecule has 53 heavy (non-hydrogen) atoms. The lowest BCUT2D eigenvalue weighted by atomic mass is 9.59. The molecule has 6 rings (SSSR count). The van der Waals surface area contributed by atoms with Crippen molar-refractivity contribution in [3.63, 3.8) is 0 Å². The number of fused-ring (bicyclic) bond motifs is 3. The van der Waals surface area contributed by atoms with Crippen molar-refractivity contribution in [3.8, 4) is 11.5 Å². The summed E-state index contributed by atoms with van der Waals surface area (Å²) in [4.78, 5) is 32.3. The lowest BCUT2D eigenvalue weighted by molar-refractivity contribution is -0.174. The maximum absolute atomic E-state index is 14.3. The number of anilines is 1. The summed E-state index contributed by atoms with van der Waals surface area (Å²) in [7, 11) is 1.14. The molecule has 2 aromatic carbocycles. The molecule has 1 saturated carbocycles. The fourth-order valence-electron chi connectivity index (χ4n) is 9.19. The minimum Gasteiger partial charge on any atom is -0.493 e. The first kappa shape index (κ1) is 38.9. The molecule has 1 spiro atoms. The third-order valence-electron chi connectivity index (χ3n) is 11.8. The van der Waals surface area contributed by atoms with Gasteiger partial charge in [-0.15, -0.1) is 0 Å². The fraction of sp³-hybridized carbons (Fsp3) is 0.537. The number of alkyl halides is 3. The van der Waals surface area contributed by atoms with Crippen LogP contribution < -0.4 is 20.1 Å². The predicted molar refractivity (Wildman–Crippen MR) is 198 cm³/mol. The molecule has 0 unspecified atom stereocenters. The van der Waals surface area contributed by atoms with E-state index in [2.05, 4.69) is 24.9 Å². The highest BCUT2D eigenvalue weighted by molar-refractivity contribution is 6.31. The Bertz CT molecular complexity index is 1810. The Morgan fingerprint density at radius 3 is 2.53 bits per heavy atom. The Morgan fingerprint density at radius 1 is 1.09 bits per heavy atom. The van der Waals surface area contributed by atoms with E-state index in [1.807, 2.05) is 31.3 Å². The van der Waals surface area contributed by atoms with Gasteiger partial charge in [-0.25, -0.2) is 4.79 Å². The first-order valence-corrected chi connectivity index (χ1v) is 19.0. The number of esters is 1. The van der Waals surface area contributed by atoms with Crippen LogP contribution in [0.15, 0.2) is 54.7 Å². The van der Waals surface area contributed by atoms with Crippen LogP contribution >= 0.6 is 11.6 Å². The number of hydrogen-bond donors (Lipinski definition) is 1. The highest BCUT2D eigenvalue weighted by Crippen LogP contribution is 2.58. The maximum atomic E-state index is 14.3. The summed E-state index contributed by atoms with van der Waals surface area (Å²) >= 11 is 6.23. The summed E-state index contributed by atoms with van der Waals surface area (Å²) in [6, 6.07) is 13.6. The molecule has 1 heterocycles. The van der Waals surface area contributed by atoms with E-state index in [1.165, 1.54) is 29.8 Å².